The molecule has 0 nitrogen and oxygen atoms in total. The molecule has 4 rings (SSSR count). The van der Waals surface area contributed by atoms with Crippen LogP contribution in [0, 0.1) is 24.7 Å². The average Bonchev–Trinajstić information content (AvgIpc) is 3.06. The van der Waals surface area contributed by atoms with Crippen molar-refractivity contribution in [2.75, 3.05) is 0 Å². The smallest absolute Gasteiger partial charge is 0.00435 e. The highest BCUT2D eigenvalue weighted by Gasteiger charge is 2.39. The van der Waals surface area contributed by atoms with Gasteiger partial charge >= 0.3 is 0 Å². The first-order valence-corrected chi connectivity index (χ1v) is 11.8. The van der Waals surface area contributed by atoms with Crippen molar-refractivity contribution in [1.82, 2.24) is 0 Å². The molecule has 29 heavy (non-hydrogen) atoms. The molecule has 0 aliphatic heterocycles. The van der Waals surface area contributed by atoms with E-state index in [0.717, 1.165) is 17.8 Å². The van der Waals surface area contributed by atoms with Crippen LogP contribution < -0.4 is 0 Å². The van der Waals surface area contributed by atoms with Gasteiger partial charge in [-0.1, -0.05) is 89.1 Å². The molecular weight excluding hydrogens is 348 g/mol. The molecule has 0 fully saturated rings. The zero-order valence-electron chi connectivity index (χ0n) is 19.3. The average molecular weight is 387 g/mol. The highest BCUT2D eigenvalue weighted by molar-refractivity contribution is 6.09. The number of fused-ring (bicyclic) bond motifs is 5. The first kappa shape index (κ1) is 20.5. The van der Waals surface area contributed by atoms with Crippen molar-refractivity contribution in [1.29, 1.82) is 0 Å². The predicted molar refractivity (Wildman–Crippen MR) is 129 cm³/mol. The van der Waals surface area contributed by atoms with E-state index in [1.165, 1.54) is 59.2 Å². The van der Waals surface area contributed by atoms with Gasteiger partial charge in [0.15, 0.2) is 0 Å². The molecule has 0 saturated heterocycles. The summed E-state index contributed by atoms with van der Waals surface area (Å²) in [6.07, 6.45) is 6.56. The minimum Gasteiger partial charge on any atom is -0.0651 e. The van der Waals surface area contributed by atoms with Crippen molar-refractivity contribution in [2.24, 2.45) is 17.8 Å². The third kappa shape index (κ3) is 3.49. The van der Waals surface area contributed by atoms with E-state index in [1.54, 1.807) is 11.1 Å². The standard InChI is InChI=1S/C29H38/c1-7-22(19(2)3)10-9-21(5)29(6)17-16-27-26-13-11-23-18-20(4)8-12-24(23)25(26)14-15-28(27)29/h8,11-15,18-19,21-22H,7,9-10,16-17H2,1-6H3. The number of rotatable bonds is 6. The predicted octanol–water partition coefficient (Wildman–Crippen LogP) is 8.60. The first-order chi connectivity index (χ1) is 13.8. The summed E-state index contributed by atoms with van der Waals surface area (Å²) < 4.78 is 0. The van der Waals surface area contributed by atoms with Crippen molar-refractivity contribution in [2.45, 2.75) is 79.1 Å². The molecule has 0 spiro atoms. The van der Waals surface area contributed by atoms with Gasteiger partial charge in [0.1, 0.15) is 0 Å². The molecule has 0 bridgehead atoms. The van der Waals surface area contributed by atoms with Gasteiger partial charge in [0.05, 0.1) is 0 Å². The highest BCUT2D eigenvalue weighted by Crippen LogP contribution is 2.48. The zero-order chi connectivity index (χ0) is 20.8. The molecule has 154 valence electrons. The molecule has 1 aliphatic rings. The maximum absolute atomic E-state index is 2.54. The Labute approximate surface area is 177 Å². The van der Waals surface area contributed by atoms with E-state index in [2.05, 4.69) is 84.0 Å². The normalized spacial score (nSPS) is 21.1. The molecule has 3 atom stereocenters. The Morgan fingerprint density at radius 1 is 0.897 bits per heavy atom. The molecule has 3 aromatic rings. The molecular formula is C29H38. The maximum Gasteiger partial charge on any atom is -0.00435 e. The lowest BCUT2D eigenvalue weighted by molar-refractivity contribution is 0.249. The molecule has 0 aromatic heterocycles. The number of hydrogen-bond donors (Lipinski definition) is 0. The Bertz CT molecular complexity index is 1030. The quantitative estimate of drug-likeness (QED) is 0.372. The summed E-state index contributed by atoms with van der Waals surface area (Å²) in [5.74, 6) is 2.40. The van der Waals surface area contributed by atoms with Crippen LogP contribution in [0.3, 0.4) is 0 Å². The van der Waals surface area contributed by atoms with Gasteiger partial charge in [0.25, 0.3) is 0 Å². The topological polar surface area (TPSA) is 0 Å². The third-order valence-electron chi connectivity index (χ3n) is 8.32. The lowest BCUT2D eigenvalue weighted by Crippen LogP contribution is -2.28. The van der Waals surface area contributed by atoms with Gasteiger partial charge in [0.2, 0.25) is 0 Å². The Morgan fingerprint density at radius 3 is 2.34 bits per heavy atom. The van der Waals surface area contributed by atoms with Crippen LogP contribution >= 0.6 is 0 Å². The second-order valence-electron chi connectivity index (χ2n) is 10.3. The minimum atomic E-state index is 0.320. The van der Waals surface area contributed by atoms with Crippen molar-refractivity contribution in [3.05, 3.63) is 59.2 Å². The van der Waals surface area contributed by atoms with Crippen molar-refractivity contribution in [3.8, 4) is 0 Å². The van der Waals surface area contributed by atoms with Gasteiger partial charge in [0, 0.05) is 0 Å². The van der Waals surface area contributed by atoms with E-state index in [0.29, 0.717) is 5.41 Å². The number of hydrogen-bond acceptors (Lipinski definition) is 0. The largest absolute Gasteiger partial charge is 0.0651 e. The molecule has 0 amide bonds. The van der Waals surface area contributed by atoms with E-state index in [1.807, 2.05) is 0 Å². The molecule has 1 aliphatic carbocycles. The van der Waals surface area contributed by atoms with E-state index in [-0.39, 0.29) is 0 Å². The minimum absolute atomic E-state index is 0.320. The summed E-state index contributed by atoms with van der Waals surface area (Å²) in [6, 6.07) is 16.5. The summed E-state index contributed by atoms with van der Waals surface area (Å²) in [4.78, 5) is 0. The first-order valence-electron chi connectivity index (χ1n) is 11.8. The molecule has 3 unspecified atom stereocenters. The second-order valence-corrected chi connectivity index (χ2v) is 10.3. The summed E-state index contributed by atoms with van der Waals surface area (Å²) in [5.41, 5.74) is 4.91. The van der Waals surface area contributed by atoms with Crippen LogP contribution in [0.2, 0.25) is 0 Å². The van der Waals surface area contributed by atoms with Crippen LogP contribution in [0.4, 0.5) is 0 Å². The fraction of sp³-hybridized carbons (Fsp3) is 0.517. The maximum atomic E-state index is 2.54. The summed E-state index contributed by atoms with van der Waals surface area (Å²) in [7, 11) is 0. The molecule has 0 heteroatoms. The van der Waals surface area contributed by atoms with Gasteiger partial charge in [-0.3, -0.25) is 0 Å². The van der Waals surface area contributed by atoms with Crippen LogP contribution in [0.15, 0.2) is 42.5 Å². The fourth-order valence-corrected chi connectivity index (χ4v) is 5.96. The molecule has 0 N–H and O–H groups in total. The highest BCUT2D eigenvalue weighted by atomic mass is 14.4. The van der Waals surface area contributed by atoms with Gasteiger partial charge in [-0.15, -0.1) is 0 Å². The molecule has 3 aromatic carbocycles. The van der Waals surface area contributed by atoms with Gasteiger partial charge in [-0.05, 0) is 88.4 Å². The SMILES string of the molecule is CCC(CCC(C)C1(C)CCc2c1ccc1c2ccc2cc(C)ccc21)C(C)C. The molecule has 0 heterocycles. The van der Waals surface area contributed by atoms with Gasteiger partial charge < -0.3 is 0 Å². The van der Waals surface area contributed by atoms with E-state index in [4.69, 9.17) is 0 Å². The van der Waals surface area contributed by atoms with Crippen LogP contribution in [0.5, 0.6) is 0 Å². The summed E-state index contributed by atoms with van der Waals surface area (Å²) >= 11 is 0. The van der Waals surface area contributed by atoms with Gasteiger partial charge in [-0.2, -0.15) is 0 Å². The molecule has 0 saturated carbocycles. The molecule has 0 radical (unpaired) electrons. The lowest BCUT2D eigenvalue weighted by Gasteiger charge is -2.34. The van der Waals surface area contributed by atoms with E-state index in [9.17, 15) is 0 Å². The fourth-order valence-electron chi connectivity index (χ4n) is 5.96. The van der Waals surface area contributed by atoms with E-state index >= 15 is 0 Å². The van der Waals surface area contributed by atoms with Crippen molar-refractivity contribution < 1.29 is 0 Å². The van der Waals surface area contributed by atoms with Crippen LogP contribution in [-0.4, -0.2) is 0 Å². The Hall–Kier alpha value is -1.82. The van der Waals surface area contributed by atoms with Crippen molar-refractivity contribution in [3.63, 3.8) is 0 Å². The van der Waals surface area contributed by atoms with Crippen LogP contribution in [0.1, 0.15) is 77.0 Å². The lowest BCUT2D eigenvalue weighted by atomic mass is 9.70. The third-order valence-corrected chi connectivity index (χ3v) is 8.32. The van der Waals surface area contributed by atoms with Crippen molar-refractivity contribution >= 4 is 21.5 Å². The second kappa shape index (κ2) is 7.78. The summed E-state index contributed by atoms with van der Waals surface area (Å²) in [6.45, 7) is 14.4. The number of aryl methyl sites for hydroxylation is 2. The van der Waals surface area contributed by atoms with Crippen LogP contribution in [0.25, 0.3) is 21.5 Å². The Kier molecular flexibility index (Phi) is 5.49. The monoisotopic (exact) mass is 386 g/mol. The Morgan fingerprint density at radius 2 is 1.62 bits per heavy atom. The number of benzene rings is 3. The van der Waals surface area contributed by atoms with E-state index < -0.39 is 0 Å². The summed E-state index contributed by atoms with van der Waals surface area (Å²) in [5, 5.41) is 5.69. The Balaban J connectivity index is 1.69. The zero-order valence-corrected chi connectivity index (χ0v) is 19.3. The van der Waals surface area contributed by atoms with Crippen LogP contribution in [-0.2, 0) is 11.8 Å². The van der Waals surface area contributed by atoms with Gasteiger partial charge in [-0.25, -0.2) is 0 Å².